The van der Waals surface area contributed by atoms with Gasteiger partial charge in [0, 0.05) is 24.5 Å². The standard InChI is InChI=1S/C14H18BNO2/c1-18-15-16-8-6-14(7-9-16)10-13(17)11-4-2-3-5-12(11)14/h2-5,15H,6-10H2,1H3. The molecule has 1 saturated heterocycles. The normalized spacial score (nSPS) is 22.2. The Morgan fingerprint density at radius 2 is 2.00 bits per heavy atom. The predicted molar refractivity (Wildman–Crippen MR) is 72.0 cm³/mol. The average molecular weight is 243 g/mol. The number of Topliss-reactive ketones (excluding diaryl/α,β-unsaturated/α-hetero) is 1. The molecule has 1 aliphatic heterocycles. The number of carbonyl (C=O) groups excluding carboxylic acids is 1. The second-order valence-corrected chi connectivity index (χ2v) is 5.46. The number of hydrogen-bond acceptors (Lipinski definition) is 3. The van der Waals surface area contributed by atoms with Crippen LogP contribution in [0.15, 0.2) is 24.3 Å². The van der Waals surface area contributed by atoms with Gasteiger partial charge in [0.15, 0.2) is 5.78 Å². The number of rotatable bonds is 2. The van der Waals surface area contributed by atoms with Crippen LogP contribution in [-0.4, -0.2) is 38.4 Å². The van der Waals surface area contributed by atoms with Crippen molar-refractivity contribution in [3.63, 3.8) is 0 Å². The third kappa shape index (κ3) is 1.80. The van der Waals surface area contributed by atoms with Gasteiger partial charge in [0.1, 0.15) is 0 Å². The van der Waals surface area contributed by atoms with Crippen LogP contribution >= 0.6 is 0 Å². The Morgan fingerprint density at radius 3 is 2.72 bits per heavy atom. The molecule has 18 heavy (non-hydrogen) atoms. The first-order valence-electron chi connectivity index (χ1n) is 6.59. The second kappa shape index (κ2) is 4.52. The molecule has 0 aromatic heterocycles. The molecular formula is C14H18BNO2. The number of benzene rings is 1. The predicted octanol–water partition coefficient (Wildman–Crippen LogP) is 1.52. The number of fused-ring (bicyclic) bond motifs is 2. The van der Waals surface area contributed by atoms with Gasteiger partial charge in [-0.2, -0.15) is 0 Å². The Kier molecular flexibility index (Phi) is 3.00. The van der Waals surface area contributed by atoms with Crippen LogP contribution in [0.4, 0.5) is 0 Å². The van der Waals surface area contributed by atoms with Crippen molar-refractivity contribution in [2.24, 2.45) is 0 Å². The van der Waals surface area contributed by atoms with Crippen molar-refractivity contribution in [3.05, 3.63) is 35.4 Å². The Morgan fingerprint density at radius 1 is 1.28 bits per heavy atom. The summed E-state index contributed by atoms with van der Waals surface area (Å²) in [7, 11) is 2.43. The topological polar surface area (TPSA) is 29.5 Å². The fraction of sp³-hybridized carbons (Fsp3) is 0.500. The minimum Gasteiger partial charge on any atom is -0.427 e. The van der Waals surface area contributed by atoms with Crippen LogP contribution < -0.4 is 0 Å². The van der Waals surface area contributed by atoms with Gasteiger partial charge in [-0.3, -0.25) is 4.79 Å². The lowest BCUT2D eigenvalue weighted by molar-refractivity contribution is 0.0954. The Bertz CT molecular complexity index is 467. The maximum Gasteiger partial charge on any atom is 0.363 e. The lowest BCUT2D eigenvalue weighted by Crippen LogP contribution is -2.43. The van der Waals surface area contributed by atoms with Crippen LogP contribution in [0.2, 0.25) is 0 Å². The molecule has 1 heterocycles. The Hall–Kier alpha value is -1.13. The molecule has 0 atom stereocenters. The van der Waals surface area contributed by atoms with Crippen LogP contribution in [0.3, 0.4) is 0 Å². The Labute approximate surface area is 108 Å². The molecule has 0 N–H and O–H groups in total. The average Bonchev–Trinajstić information content (AvgIpc) is 2.67. The lowest BCUT2D eigenvalue weighted by Gasteiger charge is -2.39. The van der Waals surface area contributed by atoms with E-state index in [2.05, 4.69) is 16.9 Å². The zero-order valence-corrected chi connectivity index (χ0v) is 10.8. The summed E-state index contributed by atoms with van der Waals surface area (Å²) in [5.74, 6) is 0.325. The van der Waals surface area contributed by atoms with Crippen molar-refractivity contribution in [1.82, 2.24) is 4.81 Å². The van der Waals surface area contributed by atoms with Gasteiger partial charge in [0.05, 0.1) is 0 Å². The monoisotopic (exact) mass is 243 g/mol. The number of nitrogens with zero attached hydrogens (tertiary/aromatic N) is 1. The first kappa shape index (κ1) is 11.9. The van der Waals surface area contributed by atoms with E-state index in [1.165, 1.54) is 5.56 Å². The van der Waals surface area contributed by atoms with Gasteiger partial charge < -0.3 is 9.47 Å². The van der Waals surface area contributed by atoms with E-state index in [0.717, 1.165) is 31.5 Å². The zero-order chi connectivity index (χ0) is 12.6. The fourth-order valence-electron chi connectivity index (χ4n) is 3.43. The first-order chi connectivity index (χ1) is 8.75. The minimum absolute atomic E-state index is 0.109. The third-order valence-corrected chi connectivity index (χ3v) is 4.42. The van der Waals surface area contributed by atoms with Crippen molar-refractivity contribution in [3.8, 4) is 0 Å². The van der Waals surface area contributed by atoms with Crippen molar-refractivity contribution in [2.75, 3.05) is 20.2 Å². The summed E-state index contributed by atoms with van der Waals surface area (Å²) in [6, 6.07) is 8.15. The molecule has 0 radical (unpaired) electrons. The lowest BCUT2D eigenvalue weighted by atomic mass is 9.73. The van der Waals surface area contributed by atoms with Crippen molar-refractivity contribution in [1.29, 1.82) is 0 Å². The van der Waals surface area contributed by atoms with Crippen molar-refractivity contribution >= 4 is 13.4 Å². The van der Waals surface area contributed by atoms with Crippen LogP contribution in [0.1, 0.15) is 35.2 Å². The molecule has 1 fully saturated rings. The smallest absolute Gasteiger partial charge is 0.363 e. The molecule has 0 amide bonds. The summed E-state index contributed by atoms with van der Waals surface area (Å²) >= 11 is 0. The van der Waals surface area contributed by atoms with Crippen LogP contribution in [0.25, 0.3) is 0 Å². The van der Waals surface area contributed by atoms with E-state index in [-0.39, 0.29) is 5.41 Å². The molecule has 1 aliphatic carbocycles. The molecule has 1 spiro atoms. The fourth-order valence-corrected chi connectivity index (χ4v) is 3.43. The van der Waals surface area contributed by atoms with Gasteiger partial charge in [-0.25, -0.2) is 0 Å². The van der Waals surface area contributed by atoms with E-state index in [1.54, 1.807) is 7.11 Å². The molecule has 94 valence electrons. The summed E-state index contributed by atoms with van der Waals surface area (Å²) in [4.78, 5) is 14.4. The molecule has 0 bridgehead atoms. The summed E-state index contributed by atoms with van der Waals surface area (Å²) in [5.41, 5.74) is 2.35. The van der Waals surface area contributed by atoms with E-state index in [4.69, 9.17) is 4.65 Å². The van der Waals surface area contributed by atoms with E-state index < -0.39 is 0 Å². The molecule has 3 rings (SSSR count). The number of hydrogen-bond donors (Lipinski definition) is 0. The number of ketones is 1. The quantitative estimate of drug-likeness (QED) is 0.737. The van der Waals surface area contributed by atoms with E-state index in [1.807, 2.05) is 12.1 Å². The van der Waals surface area contributed by atoms with E-state index in [0.29, 0.717) is 19.8 Å². The molecule has 0 saturated carbocycles. The highest BCUT2D eigenvalue weighted by molar-refractivity contribution is 6.23. The molecule has 1 aromatic carbocycles. The maximum absolute atomic E-state index is 12.1. The van der Waals surface area contributed by atoms with E-state index >= 15 is 0 Å². The summed E-state index contributed by atoms with van der Waals surface area (Å²) in [6.45, 7) is 2.05. The van der Waals surface area contributed by atoms with Crippen molar-refractivity contribution in [2.45, 2.75) is 24.7 Å². The van der Waals surface area contributed by atoms with Gasteiger partial charge in [0.2, 0.25) is 0 Å². The number of carbonyl (C=O) groups is 1. The van der Waals surface area contributed by atoms with Gasteiger partial charge in [0.25, 0.3) is 0 Å². The largest absolute Gasteiger partial charge is 0.427 e. The molecule has 0 unspecified atom stereocenters. The SMILES string of the molecule is COBN1CCC2(CC1)CC(=O)c1ccccc12. The molecular weight excluding hydrogens is 225 g/mol. The summed E-state index contributed by atoms with van der Waals surface area (Å²) in [6.07, 6.45) is 2.84. The summed E-state index contributed by atoms with van der Waals surface area (Å²) in [5, 5.41) is 0. The molecule has 3 nitrogen and oxygen atoms in total. The highest BCUT2D eigenvalue weighted by atomic mass is 16.4. The maximum atomic E-state index is 12.1. The van der Waals surface area contributed by atoms with Crippen molar-refractivity contribution < 1.29 is 9.45 Å². The molecule has 4 heteroatoms. The second-order valence-electron chi connectivity index (χ2n) is 5.46. The highest BCUT2D eigenvalue weighted by Crippen LogP contribution is 2.45. The molecule has 1 aromatic rings. The third-order valence-electron chi connectivity index (χ3n) is 4.42. The van der Waals surface area contributed by atoms with Crippen LogP contribution in [0.5, 0.6) is 0 Å². The molecule has 2 aliphatic rings. The first-order valence-corrected chi connectivity index (χ1v) is 6.59. The number of piperidine rings is 1. The van der Waals surface area contributed by atoms with Crippen LogP contribution in [0, 0.1) is 0 Å². The highest BCUT2D eigenvalue weighted by Gasteiger charge is 2.44. The summed E-state index contributed by atoms with van der Waals surface area (Å²) < 4.78 is 5.18. The van der Waals surface area contributed by atoms with Gasteiger partial charge in [-0.05, 0) is 31.5 Å². The Balaban J connectivity index is 1.84. The zero-order valence-electron chi connectivity index (χ0n) is 10.8. The van der Waals surface area contributed by atoms with Gasteiger partial charge >= 0.3 is 7.62 Å². The van der Waals surface area contributed by atoms with E-state index in [9.17, 15) is 4.79 Å². The van der Waals surface area contributed by atoms with Gasteiger partial charge in [-0.15, -0.1) is 0 Å². The minimum atomic E-state index is 0.109. The van der Waals surface area contributed by atoms with Gasteiger partial charge in [-0.1, -0.05) is 24.3 Å². The van der Waals surface area contributed by atoms with Crippen LogP contribution in [-0.2, 0) is 10.1 Å².